The van der Waals surface area contributed by atoms with Gasteiger partial charge in [0.2, 0.25) is 0 Å². The largest absolute Gasteiger partial charge is 0.308 e. The van der Waals surface area contributed by atoms with Gasteiger partial charge in [-0.05, 0) is 12.1 Å². The zero-order valence-corrected chi connectivity index (χ0v) is 9.11. The number of anilines is 1. The molecule has 0 saturated heterocycles. The maximum atomic E-state index is 9.05. The maximum absolute atomic E-state index is 9.05. The van der Waals surface area contributed by atoms with E-state index in [4.69, 9.17) is 16.3 Å². The highest BCUT2D eigenvalue weighted by Gasteiger charge is 2.35. The van der Waals surface area contributed by atoms with Gasteiger partial charge in [-0.25, -0.2) is 5.01 Å². The van der Waals surface area contributed by atoms with Crippen LogP contribution in [-0.2, 0) is 0 Å². The van der Waals surface area contributed by atoms with Crippen LogP contribution in [0.15, 0.2) is 35.4 Å². The Morgan fingerprint density at radius 3 is 2.59 bits per heavy atom. The third kappa shape index (κ3) is 1.96. The summed E-state index contributed by atoms with van der Waals surface area (Å²) in [4.78, 5) is 0. The van der Waals surface area contributed by atoms with Crippen molar-refractivity contribution < 1.29 is 0 Å². The molecule has 1 aromatic rings. The molecule has 0 unspecified atom stereocenters. The zero-order chi connectivity index (χ0) is 12.3. The predicted octanol–water partition coefficient (Wildman–Crippen LogP) is 1.20. The average molecular weight is 225 g/mol. The lowest BCUT2D eigenvalue weighted by Gasteiger charge is -2.21. The van der Waals surface area contributed by atoms with Gasteiger partial charge in [-0.2, -0.15) is 15.6 Å². The summed E-state index contributed by atoms with van der Waals surface area (Å²) in [6.07, 6.45) is -0.388. The maximum Gasteiger partial charge on any atom is 0.123 e. The molecule has 0 saturated carbocycles. The molecular formula is C12H11N5. The highest BCUT2D eigenvalue weighted by atomic mass is 15.5. The number of rotatable bonds is 2. The van der Waals surface area contributed by atoms with Gasteiger partial charge in [-0.3, -0.25) is 0 Å². The van der Waals surface area contributed by atoms with E-state index < -0.39 is 12.1 Å². The summed E-state index contributed by atoms with van der Waals surface area (Å²) >= 11 is 0. The minimum absolute atomic E-state index is 0.134. The summed E-state index contributed by atoms with van der Waals surface area (Å²) < 4.78 is 0. The van der Waals surface area contributed by atoms with Gasteiger partial charge in [-0.1, -0.05) is 18.2 Å². The molecule has 0 fully saturated rings. The normalized spacial score (nSPS) is 22.8. The van der Waals surface area contributed by atoms with Crippen LogP contribution in [0.25, 0.3) is 0 Å². The molecule has 5 heteroatoms. The van der Waals surface area contributed by atoms with E-state index in [1.54, 1.807) is 5.01 Å². The number of hydrazone groups is 1. The molecule has 2 atom stereocenters. The molecule has 1 aliphatic heterocycles. The molecule has 84 valence electrons. The monoisotopic (exact) mass is 225 g/mol. The van der Waals surface area contributed by atoms with E-state index >= 15 is 0 Å². The lowest BCUT2D eigenvalue weighted by atomic mass is 10.0. The van der Waals surface area contributed by atoms with Gasteiger partial charge in [0.15, 0.2) is 0 Å². The number of para-hydroxylation sites is 1. The molecule has 0 aliphatic carbocycles. The van der Waals surface area contributed by atoms with Crippen LogP contribution in [0, 0.1) is 28.6 Å². The van der Waals surface area contributed by atoms with Crippen molar-refractivity contribution in [2.75, 3.05) is 5.01 Å². The quantitative estimate of drug-likeness (QED) is 0.818. The Labute approximate surface area is 99.4 Å². The summed E-state index contributed by atoms with van der Waals surface area (Å²) in [7, 11) is 0. The number of hydrogen-bond donors (Lipinski definition) is 1. The van der Waals surface area contributed by atoms with Crippen LogP contribution >= 0.6 is 0 Å². The topological polar surface area (TPSA) is 89.2 Å². The summed E-state index contributed by atoms with van der Waals surface area (Å²) in [5.74, 6) is -0.519. The van der Waals surface area contributed by atoms with Crippen molar-refractivity contribution in [2.24, 2.45) is 16.8 Å². The van der Waals surface area contributed by atoms with Crippen LogP contribution in [0.2, 0.25) is 0 Å². The van der Waals surface area contributed by atoms with Gasteiger partial charge in [0.05, 0.1) is 30.0 Å². The van der Waals surface area contributed by atoms with Gasteiger partial charge in [0.25, 0.3) is 0 Å². The molecule has 2 N–H and O–H groups in total. The van der Waals surface area contributed by atoms with Crippen molar-refractivity contribution in [1.29, 1.82) is 10.5 Å². The van der Waals surface area contributed by atoms with Gasteiger partial charge < -0.3 is 5.73 Å². The molecule has 17 heavy (non-hydrogen) atoms. The molecular weight excluding hydrogens is 214 g/mol. The van der Waals surface area contributed by atoms with Crippen molar-refractivity contribution in [3.63, 3.8) is 0 Å². The Morgan fingerprint density at radius 2 is 2.00 bits per heavy atom. The highest BCUT2D eigenvalue weighted by Crippen LogP contribution is 2.26. The number of nitriles is 2. The van der Waals surface area contributed by atoms with E-state index in [-0.39, 0.29) is 6.42 Å². The third-order valence-electron chi connectivity index (χ3n) is 2.64. The highest BCUT2D eigenvalue weighted by molar-refractivity contribution is 5.94. The smallest absolute Gasteiger partial charge is 0.123 e. The van der Waals surface area contributed by atoms with Crippen molar-refractivity contribution in [3.8, 4) is 12.1 Å². The number of nitrogens with two attached hydrogens (primary N) is 1. The first-order valence-electron chi connectivity index (χ1n) is 5.21. The van der Waals surface area contributed by atoms with Gasteiger partial charge >= 0.3 is 0 Å². The summed E-state index contributed by atoms with van der Waals surface area (Å²) in [5.41, 5.74) is 7.33. The minimum atomic E-state index is -0.522. The molecule has 0 spiro atoms. The molecule has 1 aliphatic rings. The summed E-state index contributed by atoms with van der Waals surface area (Å²) in [6, 6.07) is 13.5. The Hall–Kier alpha value is -2.37. The molecule has 0 amide bonds. The third-order valence-corrected chi connectivity index (χ3v) is 2.64. The van der Waals surface area contributed by atoms with Crippen LogP contribution in [0.4, 0.5) is 5.69 Å². The van der Waals surface area contributed by atoms with Crippen LogP contribution in [0.5, 0.6) is 0 Å². The minimum Gasteiger partial charge on any atom is -0.308 e. The Bertz CT molecular complexity index is 508. The second-order valence-corrected chi connectivity index (χ2v) is 3.70. The molecule has 0 radical (unpaired) electrons. The van der Waals surface area contributed by atoms with E-state index in [2.05, 4.69) is 11.2 Å². The van der Waals surface area contributed by atoms with Gasteiger partial charge in [-0.15, -0.1) is 0 Å². The van der Waals surface area contributed by atoms with Crippen molar-refractivity contribution >= 4 is 11.4 Å². The fourth-order valence-corrected chi connectivity index (χ4v) is 1.79. The first-order chi connectivity index (χ1) is 8.27. The standard InChI is InChI=1S/C12H11N5/c13-7-6-11-10(8-14)12(15)17(16-11)9-4-2-1-3-5-9/h1-5,10,12H,6,15H2/t10-,12-/m1/s1. The molecule has 2 rings (SSSR count). The Morgan fingerprint density at radius 1 is 1.29 bits per heavy atom. The van der Waals surface area contributed by atoms with E-state index in [1.807, 2.05) is 36.4 Å². The van der Waals surface area contributed by atoms with Crippen LogP contribution in [0.3, 0.4) is 0 Å². The molecule has 0 bridgehead atoms. The number of benzene rings is 1. The van der Waals surface area contributed by atoms with Gasteiger partial charge in [0, 0.05) is 0 Å². The van der Waals surface area contributed by atoms with E-state index in [0.717, 1.165) is 5.69 Å². The summed E-state index contributed by atoms with van der Waals surface area (Å²) in [6.45, 7) is 0. The first-order valence-corrected chi connectivity index (χ1v) is 5.21. The van der Waals surface area contributed by atoms with Crippen LogP contribution in [-0.4, -0.2) is 11.9 Å². The Balaban J connectivity index is 2.33. The fraction of sp³-hybridized carbons (Fsp3) is 0.250. The average Bonchev–Trinajstić information content (AvgIpc) is 2.67. The van der Waals surface area contributed by atoms with Crippen molar-refractivity contribution in [2.45, 2.75) is 12.6 Å². The lowest BCUT2D eigenvalue weighted by molar-refractivity contribution is 0.622. The number of hydrogen-bond acceptors (Lipinski definition) is 5. The van der Waals surface area contributed by atoms with Gasteiger partial charge in [0.1, 0.15) is 12.1 Å². The van der Waals surface area contributed by atoms with Crippen LogP contribution in [0.1, 0.15) is 6.42 Å². The van der Waals surface area contributed by atoms with Crippen molar-refractivity contribution in [1.82, 2.24) is 0 Å². The Kier molecular flexibility index (Phi) is 3.04. The predicted molar refractivity (Wildman–Crippen MR) is 63.7 cm³/mol. The number of nitrogens with zero attached hydrogens (tertiary/aromatic N) is 4. The molecule has 5 nitrogen and oxygen atoms in total. The molecule has 1 heterocycles. The fourth-order valence-electron chi connectivity index (χ4n) is 1.79. The second kappa shape index (κ2) is 4.65. The van der Waals surface area contributed by atoms with E-state index in [0.29, 0.717) is 5.71 Å². The summed E-state index contributed by atoms with van der Waals surface area (Å²) in [5, 5.41) is 23.6. The van der Waals surface area contributed by atoms with E-state index in [9.17, 15) is 0 Å². The SMILES string of the molecule is N#CCC1=NN(c2ccccc2)[C@@H](N)[C@@H]1C#N. The van der Waals surface area contributed by atoms with E-state index in [1.165, 1.54) is 0 Å². The first kappa shape index (κ1) is 11.1. The lowest BCUT2D eigenvalue weighted by Crippen LogP contribution is -2.40. The molecule has 0 aromatic heterocycles. The second-order valence-electron chi connectivity index (χ2n) is 3.70. The van der Waals surface area contributed by atoms with Crippen LogP contribution < -0.4 is 10.7 Å². The van der Waals surface area contributed by atoms with Crippen molar-refractivity contribution in [3.05, 3.63) is 30.3 Å². The zero-order valence-electron chi connectivity index (χ0n) is 9.11. The molecule has 1 aromatic carbocycles.